The quantitative estimate of drug-likeness (QED) is 0.372. The highest BCUT2D eigenvalue weighted by molar-refractivity contribution is 6.22. The van der Waals surface area contributed by atoms with Gasteiger partial charge in [0.05, 0.1) is 6.04 Å². The summed E-state index contributed by atoms with van der Waals surface area (Å²) in [6.45, 7) is 1.69. The van der Waals surface area contributed by atoms with Gasteiger partial charge in [0, 0.05) is 11.8 Å². The molecule has 54 valence electrons. The fourth-order valence-electron chi connectivity index (χ4n) is 0.364. The molecule has 0 aromatic carbocycles. The highest BCUT2D eigenvalue weighted by Crippen LogP contribution is 1.78. The van der Waals surface area contributed by atoms with E-state index in [0.717, 1.165) is 0 Å². The maximum absolute atomic E-state index is 10.6. The van der Waals surface area contributed by atoms with Crippen LogP contribution in [0.15, 0.2) is 0 Å². The van der Waals surface area contributed by atoms with Gasteiger partial charge >= 0.3 is 0 Å². The molecule has 0 aliphatic heterocycles. The van der Waals surface area contributed by atoms with E-state index in [-0.39, 0.29) is 11.9 Å². The Kier molecular flexibility index (Phi) is 4.39. The molecular formula is C4H10ClN3O. The maximum Gasteiger partial charge on any atom is 0.252 e. The number of halogens is 1. The molecule has 3 N–H and O–H groups in total. The van der Waals surface area contributed by atoms with Crippen molar-refractivity contribution < 1.29 is 4.79 Å². The lowest BCUT2D eigenvalue weighted by Gasteiger charge is -2.08. The van der Waals surface area contributed by atoms with Crippen LogP contribution in [0.1, 0.15) is 6.92 Å². The van der Waals surface area contributed by atoms with Crippen LogP contribution in [0.25, 0.3) is 0 Å². The maximum atomic E-state index is 10.6. The molecule has 1 amide bonds. The first kappa shape index (κ1) is 8.68. The number of amides is 1. The van der Waals surface area contributed by atoms with Gasteiger partial charge in [-0.2, -0.15) is 0 Å². The summed E-state index contributed by atoms with van der Waals surface area (Å²) < 4.78 is 0. The van der Waals surface area contributed by atoms with Crippen molar-refractivity contribution in [1.82, 2.24) is 15.7 Å². The van der Waals surface area contributed by atoms with Crippen LogP contribution in [0.3, 0.4) is 0 Å². The lowest BCUT2D eigenvalue weighted by Crippen LogP contribution is -2.44. The summed E-state index contributed by atoms with van der Waals surface area (Å²) in [5.74, 6) is -0.258. The molecule has 0 heterocycles. The van der Waals surface area contributed by atoms with E-state index in [1.54, 1.807) is 14.0 Å². The summed E-state index contributed by atoms with van der Waals surface area (Å²) in [7, 11) is 1.68. The Morgan fingerprint density at radius 3 is 2.56 bits per heavy atom. The second-order valence-corrected chi connectivity index (χ2v) is 1.76. The van der Waals surface area contributed by atoms with Crippen molar-refractivity contribution in [2.24, 2.45) is 0 Å². The van der Waals surface area contributed by atoms with Crippen molar-refractivity contribution in [3.8, 4) is 0 Å². The molecule has 0 aliphatic rings. The van der Waals surface area contributed by atoms with Gasteiger partial charge in [-0.15, -0.1) is 0 Å². The molecule has 0 aromatic rings. The molecule has 1 unspecified atom stereocenters. The molecule has 0 bridgehead atoms. The number of carbonyl (C=O) groups excluding carboxylic acids is 1. The number of hydrazine groups is 1. The molecule has 0 aliphatic carbocycles. The van der Waals surface area contributed by atoms with Gasteiger partial charge in [0.15, 0.2) is 0 Å². The molecule has 0 rings (SSSR count). The van der Waals surface area contributed by atoms with Crippen LogP contribution in [-0.2, 0) is 4.79 Å². The largest absolute Gasteiger partial charge is 0.272 e. The Balaban J connectivity index is 3.45. The van der Waals surface area contributed by atoms with Crippen LogP contribution >= 0.6 is 11.8 Å². The molecule has 4 nitrogen and oxygen atoms in total. The molecule has 9 heavy (non-hydrogen) atoms. The number of nitrogens with one attached hydrogen (secondary N) is 3. The van der Waals surface area contributed by atoms with Gasteiger partial charge in [0.1, 0.15) is 0 Å². The third-order valence-corrected chi connectivity index (χ3v) is 1.03. The monoisotopic (exact) mass is 151 g/mol. The Morgan fingerprint density at radius 2 is 2.22 bits per heavy atom. The number of hydrogen-bond donors (Lipinski definition) is 3. The van der Waals surface area contributed by atoms with Crippen molar-refractivity contribution in [2.45, 2.75) is 13.0 Å². The fraction of sp³-hybridized carbons (Fsp3) is 0.750. The van der Waals surface area contributed by atoms with E-state index in [9.17, 15) is 4.79 Å². The van der Waals surface area contributed by atoms with Gasteiger partial charge in [-0.1, -0.05) is 0 Å². The SMILES string of the molecule is CNNC(C)C(=O)NCl. The van der Waals surface area contributed by atoms with Crippen LogP contribution in [-0.4, -0.2) is 19.0 Å². The highest BCUT2D eigenvalue weighted by atomic mass is 35.5. The topological polar surface area (TPSA) is 53.2 Å². The van der Waals surface area contributed by atoms with Gasteiger partial charge in [-0.05, 0) is 14.0 Å². The molecule has 0 aromatic heterocycles. The van der Waals surface area contributed by atoms with Gasteiger partial charge in [-0.3, -0.25) is 15.1 Å². The van der Waals surface area contributed by atoms with E-state index in [0.29, 0.717) is 0 Å². The lowest BCUT2D eigenvalue weighted by molar-refractivity contribution is -0.121. The minimum Gasteiger partial charge on any atom is -0.272 e. The second kappa shape index (κ2) is 4.55. The van der Waals surface area contributed by atoms with Crippen LogP contribution in [0.4, 0.5) is 0 Å². The van der Waals surface area contributed by atoms with Crippen LogP contribution < -0.4 is 15.7 Å². The highest BCUT2D eigenvalue weighted by Gasteiger charge is 2.08. The van der Waals surface area contributed by atoms with E-state index < -0.39 is 0 Å². The molecule has 0 saturated heterocycles. The summed E-state index contributed by atoms with van der Waals surface area (Å²) in [5, 5.41) is 0. The van der Waals surface area contributed by atoms with Crippen molar-refractivity contribution in [1.29, 1.82) is 0 Å². The number of rotatable bonds is 3. The third-order valence-electron chi connectivity index (χ3n) is 0.847. The van der Waals surface area contributed by atoms with Gasteiger partial charge < -0.3 is 0 Å². The van der Waals surface area contributed by atoms with Crippen LogP contribution in [0.2, 0.25) is 0 Å². The first-order chi connectivity index (χ1) is 4.22. The summed E-state index contributed by atoms with van der Waals surface area (Å²) in [6, 6.07) is -0.313. The molecule has 0 fully saturated rings. The molecule has 0 spiro atoms. The predicted octanol–water partition coefficient (Wildman–Crippen LogP) is -0.631. The number of hydrogen-bond acceptors (Lipinski definition) is 3. The van der Waals surface area contributed by atoms with Crippen LogP contribution in [0, 0.1) is 0 Å². The van der Waals surface area contributed by atoms with Crippen molar-refractivity contribution in [3.63, 3.8) is 0 Å². The van der Waals surface area contributed by atoms with E-state index in [1.807, 2.05) is 4.84 Å². The van der Waals surface area contributed by atoms with Crippen molar-refractivity contribution >= 4 is 17.7 Å². The zero-order valence-electron chi connectivity index (χ0n) is 5.36. The Hall–Kier alpha value is -0.320. The van der Waals surface area contributed by atoms with Crippen molar-refractivity contribution in [3.05, 3.63) is 0 Å². The van der Waals surface area contributed by atoms with Gasteiger partial charge in [0.25, 0.3) is 5.91 Å². The smallest absolute Gasteiger partial charge is 0.252 e. The second-order valence-electron chi connectivity index (χ2n) is 1.57. The van der Waals surface area contributed by atoms with E-state index >= 15 is 0 Å². The minimum atomic E-state index is -0.313. The Bertz CT molecular complexity index is 97.8. The third kappa shape index (κ3) is 3.29. The standard InChI is InChI=1S/C4H10ClN3O/c1-3(8-6-2)4(9)7-5/h3,6,8H,1-2H3,(H,7,9). The van der Waals surface area contributed by atoms with E-state index in [4.69, 9.17) is 11.8 Å². The molecular weight excluding hydrogens is 142 g/mol. The lowest BCUT2D eigenvalue weighted by atomic mass is 10.3. The molecule has 5 heteroatoms. The summed E-state index contributed by atoms with van der Waals surface area (Å²) in [5.41, 5.74) is 5.26. The summed E-state index contributed by atoms with van der Waals surface area (Å²) >= 11 is 5.02. The minimum absolute atomic E-state index is 0.258. The average molecular weight is 152 g/mol. The Morgan fingerprint density at radius 1 is 1.67 bits per heavy atom. The normalized spacial score (nSPS) is 12.8. The van der Waals surface area contributed by atoms with Crippen LogP contribution in [0.5, 0.6) is 0 Å². The predicted molar refractivity (Wildman–Crippen MR) is 35.7 cm³/mol. The number of carbonyl (C=O) groups is 1. The zero-order chi connectivity index (χ0) is 7.28. The Labute approximate surface area is 59.0 Å². The summed E-state index contributed by atoms with van der Waals surface area (Å²) in [4.78, 5) is 12.5. The fourth-order valence-corrected chi connectivity index (χ4v) is 0.528. The molecule has 0 saturated carbocycles. The first-order valence-corrected chi connectivity index (χ1v) is 2.93. The first-order valence-electron chi connectivity index (χ1n) is 2.55. The summed E-state index contributed by atoms with van der Waals surface area (Å²) in [6.07, 6.45) is 0. The van der Waals surface area contributed by atoms with E-state index in [1.165, 1.54) is 0 Å². The van der Waals surface area contributed by atoms with Crippen molar-refractivity contribution in [2.75, 3.05) is 7.05 Å². The molecule has 0 radical (unpaired) electrons. The zero-order valence-corrected chi connectivity index (χ0v) is 6.12. The van der Waals surface area contributed by atoms with E-state index in [2.05, 4.69) is 10.9 Å². The molecule has 1 atom stereocenters. The van der Waals surface area contributed by atoms with Gasteiger partial charge in [0.2, 0.25) is 0 Å². The average Bonchev–Trinajstić information content (AvgIpc) is 1.87. The van der Waals surface area contributed by atoms with Gasteiger partial charge in [-0.25, -0.2) is 5.43 Å².